The lowest BCUT2D eigenvalue weighted by Crippen LogP contribution is -2.31. The molecule has 0 aliphatic rings. The lowest BCUT2D eigenvalue weighted by atomic mass is 10.2. The second kappa shape index (κ2) is 5.09. The summed E-state index contributed by atoms with van der Waals surface area (Å²) in [4.78, 5) is 1.84. The van der Waals surface area contributed by atoms with Crippen molar-refractivity contribution in [2.75, 3.05) is 25.6 Å². The number of para-hydroxylation sites is 2. The van der Waals surface area contributed by atoms with Crippen LogP contribution in [0.2, 0.25) is 0 Å². The molecule has 0 saturated heterocycles. The summed E-state index contributed by atoms with van der Waals surface area (Å²) in [6.45, 7) is 0.344. The molecule has 0 atom stereocenters. The zero-order valence-electron chi connectivity index (χ0n) is 8.84. The number of ether oxygens (including phenoxy) is 1. The second-order valence-corrected chi connectivity index (χ2v) is 3.12. The van der Waals surface area contributed by atoms with E-state index in [0.29, 0.717) is 6.54 Å². The van der Waals surface area contributed by atoms with Gasteiger partial charge in [0.25, 0.3) is 0 Å². The van der Waals surface area contributed by atoms with Gasteiger partial charge in [-0.15, -0.1) is 0 Å². The summed E-state index contributed by atoms with van der Waals surface area (Å²) in [5, 5.41) is 11.4. The first-order valence-corrected chi connectivity index (χ1v) is 4.49. The topological polar surface area (TPSA) is 71.1 Å². The molecule has 0 unspecified atom stereocenters. The summed E-state index contributed by atoms with van der Waals surface area (Å²) in [6.07, 6.45) is 0. The highest BCUT2D eigenvalue weighted by atomic mass is 16.5. The van der Waals surface area contributed by atoms with E-state index >= 15 is 0 Å². The van der Waals surface area contributed by atoms with Crippen molar-refractivity contribution in [3.63, 3.8) is 0 Å². The third kappa shape index (κ3) is 2.77. The van der Waals surface area contributed by atoms with Crippen LogP contribution in [-0.4, -0.2) is 31.7 Å². The number of hydrogen-bond acceptors (Lipinski definition) is 4. The first-order valence-electron chi connectivity index (χ1n) is 4.49. The zero-order valence-corrected chi connectivity index (χ0v) is 8.84. The predicted octanol–water partition coefficient (Wildman–Crippen LogP) is 0.878. The molecule has 1 rings (SSSR count). The van der Waals surface area contributed by atoms with Crippen LogP contribution in [0.4, 0.5) is 5.69 Å². The smallest absolute Gasteiger partial charge is 0.158 e. The zero-order chi connectivity index (χ0) is 11.3. The van der Waals surface area contributed by atoms with Gasteiger partial charge < -0.3 is 20.6 Å². The Morgan fingerprint density at radius 2 is 2.20 bits per heavy atom. The molecule has 0 amide bonds. The third-order valence-electron chi connectivity index (χ3n) is 2.02. The van der Waals surface area contributed by atoms with Gasteiger partial charge in [-0.3, -0.25) is 0 Å². The fourth-order valence-electron chi connectivity index (χ4n) is 1.30. The number of anilines is 1. The van der Waals surface area contributed by atoms with Crippen molar-refractivity contribution < 1.29 is 9.94 Å². The van der Waals surface area contributed by atoms with Crippen LogP contribution in [0.3, 0.4) is 0 Å². The molecule has 0 fully saturated rings. The monoisotopic (exact) mass is 209 g/mol. The van der Waals surface area contributed by atoms with Crippen LogP contribution >= 0.6 is 0 Å². The predicted molar refractivity (Wildman–Crippen MR) is 59.7 cm³/mol. The van der Waals surface area contributed by atoms with Gasteiger partial charge in [0.15, 0.2) is 5.84 Å². The van der Waals surface area contributed by atoms with Crippen molar-refractivity contribution in [3.05, 3.63) is 24.3 Å². The molecule has 5 heteroatoms. The Bertz CT molecular complexity index is 352. The maximum atomic E-state index is 8.46. The Balaban J connectivity index is 2.85. The van der Waals surface area contributed by atoms with Crippen molar-refractivity contribution in [1.29, 1.82) is 0 Å². The van der Waals surface area contributed by atoms with E-state index in [4.69, 9.17) is 15.7 Å². The van der Waals surface area contributed by atoms with E-state index < -0.39 is 0 Å². The second-order valence-electron chi connectivity index (χ2n) is 3.12. The SMILES string of the molecule is COc1ccccc1N(C)CC(N)=NO. The maximum Gasteiger partial charge on any atom is 0.158 e. The van der Waals surface area contributed by atoms with Crippen molar-refractivity contribution >= 4 is 11.5 Å². The number of nitrogens with two attached hydrogens (primary N) is 1. The number of hydrogen-bond donors (Lipinski definition) is 2. The molecule has 5 nitrogen and oxygen atoms in total. The van der Waals surface area contributed by atoms with Crippen LogP contribution in [0.1, 0.15) is 0 Å². The third-order valence-corrected chi connectivity index (χ3v) is 2.02. The molecule has 1 aromatic rings. The molecule has 0 radical (unpaired) electrons. The van der Waals surface area contributed by atoms with Crippen LogP contribution in [-0.2, 0) is 0 Å². The number of rotatable bonds is 4. The number of oxime groups is 1. The van der Waals surface area contributed by atoms with Crippen LogP contribution in [0.25, 0.3) is 0 Å². The van der Waals surface area contributed by atoms with E-state index in [2.05, 4.69) is 5.16 Å². The van der Waals surface area contributed by atoms with Crippen molar-refractivity contribution in [2.24, 2.45) is 10.9 Å². The molecule has 15 heavy (non-hydrogen) atoms. The summed E-state index contributed by atoms with van der Waals surface area (Å²) in [5.41, 5.74) is 6.32. The summed E-state index contributed by atoms with van der Waals surface area (Å²) < 4.78 is 5.20. The molecule has 0 saturated carbocycles. The number of methoxy groups -OCH3 is 1. The van der Waals surface area contributed by atoms with Gasteiger partial charge in [-0.2, -0.15) is 0 Å². The van der Waals surface area contributed by atoms with E-state index in [1.165, 1.54) is 0 Å². The molecule has 1 aromatic carbocycles. The first kappa shape index (κ1) is 11.2. The highest BCUT2D eigenvalue weighted by Crippen LogP contribution is 2.25. The molecule has 3 N–H and O–H groups in total. The summed E-state index contributed by atoms with van der Waals surface area (Å²) in [6, 6.07) is 7.56. The number of likely N-dealkylation sites (N-methyl/N-ethyl adjacent to an activating group) is 1. The van der Waals surface area contributed by atoms with Gasteiger partial charge in [0, 0.05) is 7.05 Å². The van der Waals surface area contributed by atoms with Crippen LogP contribution < -0.4 is 15.4 Å². The van der Waals surface area contributed by atoms with Crippen molar-refractivity contribution in [2.45, 2.75) is 0 Å². The fourth-order valence-corrected chi connectivity index (χ4v) is 1.30. The largest absolute Gasteiger partial charge is 0.495 e. The van der Waals surface area contributed by atoms with Crippen molar-refractivity contribution in [3.8, 4) is 5.75 Å². The molecule has 0 spiro atoms. The van der Waals surface area contributed by atoms with Crippen LogP contribution in [0, 0.1) is 0 Å². The molecule has 0 aliphatic heterocycles. The van der Waals surface area contributed by atoms with Crippen LogP contribution in [0.5, 0.6) is 5.75 Å². The number of nitrogens with zero attached hydrogens (tertiary/aromatic N) is 2. The minimum atomic E-state index is 0.156. The average molecular weight is 209 g/mol. The Morgan fingerprint density at radius 1 is 1.53 bits per heavy atom. The lowest BCUT2D eigenvalue weighted by Gasteiger charge is -2.20. The van der Waals surface area contributed by atoms with Crippen LogP contribution in [0.15, 0.2) is 29.4 Å². The number of benzene rings is 1. The molecule has 0 aromatic heterocycles. The van der Waals surface area contributed by atoms with E-state index in [1.807, 2.05) is 36.2 Å². The summed E-state index contributed by atoms with van der Waals surface area (Å²) >= 11 is 0. The van der Waals surface area contributed by atoms with Gasteiger partial charge >= 0.3 is 0 Å². The molecule has 0 bridgehead atoms. The van der Waals surface area contributed by atoms with E-state index in [9.17, 15) is 0 Å². The van der Waals surface area contributed by atoms with Gasteiger partial charge in [-0.1, -0.05) is 17.3 Å². The van der Waals surface area contributed by atoms with E-state index in [1.54, 1.807) is 7.11 Å². The van der Waals surface area contributed by atoms with Gasteiger partial charge in [0.1, 0.15) is 5.75 Å². The summed E-state index contributed by atoms with van der Waals surface area (Å²) in [5.74, 6) is 0.911. The van der Waals surface area contributed by atoms with E-state index in [0.717, 1.165) is 11.4 Å². The first-order chi connectivity index (χ1) is 7.19. The minimum absolute atomic E-state index is 0.156. The normalized spacial score (nSPS) is 11.2. The van der Waals surface area contributed by atoms with Crippen molar-refractivity contribution in [1.82, 2.24) is 0 Å². The van der Waals surface area contributed by atoms with Gasteiger partial charge in [-0.05, 0) is 12.1 Å². The summed E-state index contributed by atoms with van der Waals surface area (Å²) in [7, 11) is 3.45. The standard InChI is InChI=1S/C10H15N3O2/c1-13(7-10(11)12-14)8-5-3-4-6-9(8)15-2/h3-6,14H,7H2,1-2H3,(H2,11,12). The number of amidine groups is 1. The quantitative estimate of drug-likeness (QED) is 0.334. The van der Waals surface area contributed by atoms with Gasteiger partial charge in [-0.25, -0.2) is 0 Å². The van der Waals surface area contributed by atoms with Gasteiger partial charge in [0.05, 0.1) is 19.3 Å². The molecule has 0 heterocycles. The Morgan fingerprint density at radius 3 is 2.80 bits per heavy atom. The molecule has 0 aliphatic carbocycles. The molecular formula is C10H15N3O2. The average Bonchev–Trinajstić information content (AvgIpc) is 2.28. The Kier molecular flexibility index (Phi) is 3.79. The molecular weight excluding hydrogens is 194 g/mol. The Labute approximate surface area is 88.7 Å². The lowest BCUT2D eigenvalue weighted by molar-refractivity contribution is 0.317. The van der Waals surface area contributed by atoms with E-state index in [-0.39, 0.29) is 5.84 Å². The molecule has 82 valence electrons. The Hall–Kier alpha value is -1.91. The highest BCUT2D eigenvalue weighted by molar-refractivity contribution is 5.85. The maximum absolute atomic E-state index is 8.46. The highest BCUT2D eigenvalue weighted by Gasteiger charge is 2.08. The fraction of sp³-hybridized carbons (Fsp3) is 0.300. The minimum Gasteiger partial charge on any atom is -0.495 e. The van der Waals surface area contributed by atoms with Gasteiger partial charge in [0.2, 0.25) is 0 Å².